The standard InChI is InChI=1S/C23H28Br2N2O3/c1-4-5-12-26-23(29)17(3)27(14-18-6-8-19(24)9-7-18)22(28)15-30-20-10-11-21(25)16(2)13-20/h6-11,13,17H,4-5,12,14-15H2,1-3H3,(H,26,29)/t17-/m0/s1. The zero-order chi connectivity index (χ0) is 22.1. The Hall–Kier alpha value is -1.86. The van der Waals surface area contributed by atoms with E-state index in [1.807, 2.05) is 49.4 Å². The van der Waals surface area contributed by atoms with Gasteiger partial charge in [0.05, 0.1) is 0 Å². The quantitative estimate of drug-likeness (QED) is 0.420. The van der Waals surface area contributed by atoms with Gasteiger partial charge in [-0.05, 0) is 61.7 Å². The summed E-state index contributed by atoms with van der Waals surface area (Å²) in [7, 11) is 0. The van der Waals surface area contributed by atoms with Crippen LogP contribution in [0.1, 0.15) is 37.8 Å². The molecule has 2 rings (SSSR count). The van der Waals surface area contributed by atoms with E-state index in [0.29, 0.717) is 18.8 Å². The van der Waals surface area contributed by atoms with Crippen molar-refractivity contribution in [1.82, 2.24) is 10.2 Å². The molecule has 2 aromatic rings. The third kappa shape index (κ3) is 7.43. The summed E-state index contributed by atoms with van der Waals surface area (Å²) >= 11 is 6.88. The summed E-state index contributed by atoms with van der Waals surface area (Å²) in [6.07, 6.45) is 1.90. The van der Waals surface area contributed by atoms with Crippen molar-refractivity contribution in [3.05, 3.63) is 62.5 Å². The van der Waals surface area contributed by atoms with Crippen LogP contribution in [0.2, 0.25) is 0 Å². The van der Waals surface area contributed by atoms with E-state index in [0.717, 1.165) is 32.9 Å². The first-order valence-corrected chi connectivity index (χ1v) is 11.6. The minimum absolute atomic E-state index is 0.135. The second-order valence-corrected chi connectivity index (χ2v) is 8.94. The fraction of sp³-hybridized carbons (Fsp3) is 0.391. The topological polar surface area (TPSA) is 58.6 Å². The number of unbranched alkanes of at least 4 members (excludes halogenated alkanes) is 1. The zero-order valence-corrected chi connectivity index (χ0v) is 20.8. The van der Waals surface area contributed by atoms with Gasteiger partial charge in [0.2, 0.25) is 5.91 Å². The largest absolute Gasteiger partial charge is 0.484 e. The highest BCUT2D eigenvalue weighted by Gasteiger charge is 2.26. The summed E-state index contributed by atoms with van der Waals surface area (Å²) in [6, 6.07) is 12.7. The molecule has 2 aromatic carbocycles. The molecular weight excluding hydrogens is 512 g/mol. The summed E-state index contributed by atoms with van der Waals surface area (Å²) < 4.78 is 7.66. The van der Waals surface area contributed by atoms with Gasteiger partial charge in [-0.1, -0.05) is 57.3 Å². The number of benzene rings is 2. The number of amides is 2. The number of aryl methyl sites for hydroxylation is 1. The maximum Gasteiger partial charge on any atom is 0.261 e. The van der Waals surface area contributed by atoms with Crippen LogP contribution in [0.5, 0.6) is 5.75 Å². The average molecular weight is 540 g/mol. The van der Waals surface area contributed by atoms with Gasteiger partial charge in [0, 0.05) is 22.0 Å². The summed E-state index contributed by atoms with van der Waals surface area (Å²) in [6.45, 7) is 6.58. The van der Waals surface area contributed by atoms with Gasteiger partial charge in [-0.25, -0.2) is 0 Å². The van der Waals surface area contributed by atoms with E-state index < -0.39 is 6.04 Å². The monoisotopic (exact) mass is 538 g/mol. The van der Waals surface area contributed by atoms with Gasteiger partial charge in [-0.2, -0.15) is 0 Å². The van der Waals surface area contributed by atoms with E-state index in [9.17, 15) is 9.59 Å². The van der Waals surface area contributed by atoms with Crippen LogP contribution in [0, 0.1) is 6.92 Å². The third-order valence-corrected chi connectivity index (χ3v) is 6.17. The molecule has 2 amide bonds. The maximum atomic E-state index is 13.0. The van der Waals surface area contributed by atoms with Crippen molar-refractivity contribution in [3.63, 3.8) is 0 Å². The van der Waals surface area contributed by atoms with Gasteiger partial charge in [0.25, 0.3) is 5.91 Å². The molecule has 0 spiro atoms. The van der Waals surface area contributed by atoms with Crippen LogP contribution in [0.4, 0.5) is 0 Å². The lowest BCUT2D eigenvalue weighted by molar-refractivity contribution is -0.142. The Labute approximate surface area is 195 Å². The first-order valence-electron chi connectivity index (χ1n) is 10.0. The van der Waals surface area contributed by atoms with E-state index in [1.54, 1.807) is 11.8 Å². The summed E-state index contributed by atoms with van der Waals surface area (Å²) in [5.74, 6) is 0.220. The van der Waals surface area contributed by atoms with Gasteiger partial charge in [0.1, 0.15) is 11.8 Å². The molecule has 0 aliphatic heterocycles. The average Bonchev–Trinajstić information content (AvgIpc) is 2.73. The van der Waals surface area contributed by atoms with E-state index in [-0.39, 0.29) is 18.4 Å². The highest BCUT2D eigenvalue weighted by atomic mass is 79.9. The normalized spacial score (nSPS) is 11.6. The molecule has 0 saturated heterocycles. The Morgan fingerprint density at radius 2 is 1.83 bits per heavy atom. The minimum Gasteiger partial charge on any atom is -0.484 e. The predicted molar refractivity (Wildman–Crippen MR) is 126 cm³/mol. The molecule has 0 aliphatic rings. The van der Waals surface area contributed by atoms with Crippen LogP contribution in [0.15, 0.2) is 51.4 Å². The maximum absolute atomic E-state index is 13.0. The smallest absolute Gasteiger partial charge is 0.261 e. The number of carbonyl (C=O) groups excluding carboxylic acids is 2. The molecule has 0 heterocycles. The van der Waals surface area contributed by atoms with Crippen LogP contribution in [0.25, 0.3) is 0 Å². The Balaban J connectivity index is 2.11. The van der Waals surface area contributed by atoms with Crippen molar-refractivity contribution in [3.8, 4) is 5.75 Å². The lowest BCUT2D eigenvalue weighted by Gasteiger charge is -2.28. The molecule has 1 N–H and O–H groups in total. The number of halogens is 2. The Morgan fingerprint density at radius 1 is 1.13 bits per heavy atom. The van der Waals surface area contributed by atoms with Gasteiger partial charge < -0.3 is 15.0 Å². The predicted octanol–water partition coefficient (Wildman–Crippen LogP) is 5.23. The molecular formula is C23H28Br2N2O3. The molecule has 30 heavy (non-hydrogen) atoms. The van der Waals surface area contributed by atoms with Crippen molar-refractivity contribution in [2.75, 3.05) is 13.2 Å². The van der Waals surface area contributed by atoms with Gasteiger partial charge in [-0.15, -0.1) is 0 Å². The van der Waals surface area contributed by atoms with Crippen LogP contribution < -0.4 is 10.1 Å². The molecule has 162 valence electrons. The SMILES string of the molecule is CCCCNC(=O)[C@H](C)N(Cc1ccc(Br)cc1)C(=O)COc1ccc(Br)c(C)c1. The number of rotatable bonds is 10. The fourth-order valence-corrected chi connectivity index (χ4v) is 3.35. The first kappa shape index (κ1) is 24.4. The van der Waals surface area contributed by atoms with Crippen molar-refractivity contribution < 1.29 is 14.3 Å². The molecule has 0 fully saturated rings. The van der Waals surface area contributed by atoms with Gasteiger partial charge in [0.15, 0.2) is 6.61 Å². The molecule has 5 nitrogen and oxygen atoms in total. The highest BCUT2D eigenvalue weighted by molar-refractivity contribution is 9.10. The number of nitrogens with zero attached hydrogens (tertiary/aromatic N) is 1. The first-order chi connectivity index (χ1) is 14.3. The van der Waals surface area contributed by atoms with Crippen molar-refractivity contribution in [2.24, 2.45) is 0 Å². The van der Waals surface area contributed by atoms with Crippen molar-refractivity contribution in [1.29, 1.82) is 0 Å². The Kier molecular flexibility index (Phi) is 9.85. The molecule has 1 atom stereocenters. The minimum atomic E-state index is -0.603. The lowest BCUT2D eigenvalue weighted by atomic mass is 10.1. The van der Waals surface area contributed by atoms with Crippen molar-refractivity contribution in [2.45, 2.75) is 46.2 Å². The fourth-order valence-electron chi connectivity index (χ4n) is 2.84. The van der Waals surface area contributed by atoms with Crippen LogP contribution in [-0.4, -0.2) is 35.9 Å². The number of nitrogens with one attached hydrogen (secondary N) is 1. The van der Waals surface area contributed by atoms with E-state index >= 15 is 0 Å². The van der Waals surface area contributed by atoms with Gasteiger partial charge >= 0.3 is 0 Å². The summed E-state index contributed by atoms with van der Waals surface area (Å²) in [5, 5.41) is 2.91. The van der Waals surface area contributed by atoms with E-state index in [2.05, 4.69) is 44.1 Å². The molecule has 7 heteroatoms. The van der Waals surface area contributed by atoms with Crippen molar-refractivity contribution >= 4 is 43.7 Å². The number of carbonyl (C=O) groups is 2. The summed E-state index contributed by atoms with van der Waals surface area (Å²) in [4.78, 5) is 27.2. The third-order valence-electron chi connectivity index (χ3n) is 4.75. The van der Waals surface area contributed by atoms with E-state index in [4.69, 9.17) is 4.74 Å². The lowest BCUT2D eigenvalue weighted by Crippen LogP contribution is -2.49. The molecule has 0 saturated carbocycles. The van der Waals surface area contributed by atoms with Gasteiger partial charge in [-0.3, -0.25) is 9.59 Å². The molecule has 0 radical (unpaired) electrons. The van der Waals surface area contributed by atoms with Crippen LogP contribution in [-0.2, 0) is 16.1 Å². The molecule has 0 aromatic heterocycles. The summed E-state index contributed by atoms with van der Waals surface area (Å²) in [5.41, 5.74) is 1.97. The molecule has 0 aliphatic carbocycles. The number of hydrogen-bond donors (Lipinski definition) is 1. The van der Waals surface area contributed by atoms with E-state index in [1.165, 1.54) is 0 Å². The van der Waals surface area contributed by atoms with Crippen LogP contribution >= 0.6 is 31.9 Å². The number of hydrogen-bond acceptors (Lipinski definition) is 3. The second kappa shape index (κ2) is 12.1. The molecule has 0 unspecified atom stereocenters. The highest BCUT2D eigenvalue weighted by Crippen LogP contribution is 2.22. The molecule has 0 bridgehead atoms. The number of ether oxygens (including phenoxy) is 1. The Morgan fingerprint density at radius 3 is 2.47 bits per heavy atom. The van der Waals surface area contributed by atoms with Crippen LogP contribution in [0.3, 0.4) is 0 Å². The Bertz CT molecular complexity index is 856. The second-order valence-electron chi connectivity index (χ2n) is 7.17. The zero-order valence-electron chi connectivity index (χ0n) is 17.6.